The molecule has 3 aliphatic rings. The van der Waals surface area contributed by atoms with Crippen molar-refractivity contribution in [1.29, 1.82) is 0 Å². The van der Waals surface area contributed by atoms with Gasteiger partial charge in [-0.15, -0.1) is 0 Å². The van der Waals surface area contributed by atoms with E-state index in [1.54, 1.807) is 0 Å². The summed E-state index contributed by atoms with van der Waals surface area (Å²) in [6, 6.07) is 7.78. The first-order valence-electron chi connectivity index (χ1n) is 9.36. The van der Waals surface area contributed by atoms with E-state index in [0.29, 0.717) is 5.91 Å². The maximum Gasteiger partial charge on any atom is 0.253 e. The van der Waals surface area contributed by atoms with Gasteiger partial charge in [-0.3, -0.25) is 9.59 Å². The van der Waals surface area contributed by atoms with Gasteiger partial charge in [0, 0.05) is 62.9 Å². The van der Waals surface area contributed by atoms with Crippen LogP contribution in [0.4, 0.5) is 5.69 Å². The lowest BCUT2D eigenvalue weighted by atomic mass is 10.0. The van der Waals surface area contributed by atoms with Gasteiger partial charge in [0.2, 0.25) is 5.91 Å². The zero-order valence-electron chi connectivity index (χ0n) is 15.2. The number of amides is 2. The maximum absolute atomic E-state index is 12.9. The van der Waals surface area contributed by atoms with E-state index in [4.69, 9.17) is 0 Å². The number of benzene rings is 1. The molecule has 1 aromatic carbocycles. The summed E-state index contributed by atoms with van der Waals surface area (Å²) in [6.07, 6.45) is 4.21. The lowest BCUT2D eigenvalue weighted by molar-refractivity contribution is -0.132. The molecule has 0 unspecified atom stereocenters. The Bertz CT molecular complexity index is 696. The number of carbonyl (C=O) groups is 2. The second kappa shape index (κ2) is 6.04. The number of carbonyl (C=O) groups excluding carboxylic acids is 2. The molecule has 3 fully saturated rings. The highest BCUT2D eigenvalue weighted by Crippen LogP contribution is 2.59. The highest BCUT2D eigenvalue weighted by atomic mass is 16.2. The van der Waals surface area contributed by atoms with Crippen LogP contribution in [0.1, 0.15) is 36.0 Å². The van der Waals surface area contributed by atoms with Crippen molar-refractivity contribution in [2.45, 2.75) is 25.7 Å². The Kier molecular flexibility index (Phi) is 3.97. The Morgan fingerprint density at radius 1 is 1.12 bits per heavy atom. The van der Waals surface area contributed by atoms with Crippen LogP contribution in [0, 0.1) is 11.3 Å². The molecule has 1 aliphatic carbocycles. The Hall–Kier alpha value is -2.04. The van der Waals surface area contributed by atoms with Crippen LogP contribution in [-0.2, 0) is 4.79 Å². The number of anilines is 1. The summed E-state index contributed by atoms with van der Waals surface area (Å²) in [6.45, 7) is 3.36. The monoisotopic (exact) mass is 341 g/mol. The molecule has 4 rings (SSSR count). The predicted octanol–water partition coefficient (Wildman–Crippen LogP) is 2.23. The van der Waals surface area contributed by atoms with E-state index >= 15 is 0 Å². The Labute approximate surface area is 149 Å². The van der Waals surface area contributed by atoms with E-state index in [1.807, 2.05) is 53.1 Å². The molecule has 2 atom stereocenters. The van der Waals surface area contributed by atoms with E-state index in [-0.39, 0.29) is 17.2 Å². The molecule has 134 valence electrons. The molecular weight excluding hydrogens is 314 g/mol. The third kappa shape index (κ3) is 2.90. The smallest absolute Gasteiger partial charge is 0.253 e. The zero-order chi connectivity index (χ0) is 17.6. The molecule has 0 bridgehead atoms. The van der Waals surface area contributed by atoms with Crippen LogP contribution in [0.3, 0.4) is 0 Å². The minimum absolute atomic E-state index is 0.0640. The largest absolute Gasteiger partial charge is 0.378 e. The molecule has 2 aliphatic heterocycles. The van der Waals surface area contributed by atoms with Gasteiger partial charge < -0.3 is 14.7 Å². The van der Waals surface area contributed by atoms with E-state index < -0.39 is 0 Å². The van der Waals surface area contributed by atoms with Gasteiger partial charge in [-0.1, -0.05) is 6.07 Å². The van der Waals surface area contributed by atoms with Crippen LogP contribution in [0.25, 0.3) is 0 Å². The lowest BCUT2D eigenvalue weighted by Crippen LogP contribution is -2.33. The Morgan fingerprint density at radius 3 is 2.60 bits per heavy atom. The predicted molar refractivity (Wildman–Crippen MR) is 97.6 cm³/mol. The number of hydrogen-bond acceptors (Lipinski definition) is 3. The van der Waals surface area contributed by atoms with Gasteiger partial charge in [-0.2, -0.15) is 0 Å². The average molecular weight is 341 g/mol. The fraction of sp³-hybridized carbons (Fsp3) is 0.600. The van der Waals surface area contributed by atoms with Crippen LogP contribution in [-0.4, -0.2) is 61.9 Å². The van der Waals surface area contributed by atoms with Crippen molar-refractivity contribution in [2.24, 2.45) is 11.3 Å². The number of rotatable bonds is 3. The second-order valence-electron chi connectivity index (χ2n) is 8.07. The molecule has 0 N–H and O–H groups in total. The second-order valence-corrected chi connectivity index (χ2v) is 8.07. The fourth-order valence-electron chi connectivity index (χ4n) is 4.47. The van der Waals surface area contributed by atoms with Crippen molar-refractivity contribution < 1.29 is 9.59 Å². The topological polar surface area (TPSA) is 43.9 Å². The summed E-state index contributed by atoms with van der Waals surface area (Å²) >= 11 is 0. The normalized spacial score (nSPS) is 27.8. The molecule has 0 aromatic heterocycles. The third-order valence-corrected chi connectivity index (χ3v) is 6.19. The van der Waals surface area contributed by atoms with Crippen molar-refractivity contribution in [1.82, 2.24) is 9.80 Å². The first kappa shape index (κ1) is 16.4. The van der Waals surface area contributed by atoms with Crippen molar-refractivity contribution in [2.75, 3.05) is 45.2 Å². The van der Waals surface area contributed by atoms with E-state index in [2.05, 4.69) is 0 Å². The number of nitrogens with zero attached hydrogens (tertiary/aromatic N) is 3. The van der Waals surface area contributed by atoms with Crippen LogP contribution in [0.5, 0.6) is 0 Å². The molecule has 5 heteroatoms. The van der Waals surface area contributed by atoms with Crippen LogP contribution < -0.4 is 4.90 Å². The molecule has 1 saturated carbocycles. The number of likely N-dealkylation sites (tertiary alicyclic amines) is 2. The Balaban J connectivity index is 1.42. The molecule has 2 amide bonds. The lowest BCUT2D eigenvalue weighted by Gasteiger charge is -2.20. The quantitative estimate of drug-likeness (QED) is 0.847. The highest BCUT2D eigenvalue weighted by Gasteiger charge is 2.62. The van der Waals surface area contributed by atoms with Gasteiger partial charge in [-0.25, -0.2) is 0 Å². The van der Waals surface area contributed by atoms with Crippen LogP contribution in [0.2, 0.25) is 0 Å². The summed E-state index contributed by atoms with van der Waals surface area (Å²) in [5.41, 5.74) is 1.84. The van der Waals surface area contributed by atoms with Gasteiger partial charge in [0.15, 0.2) is 0 Å². The van der Waals surface area contributed by atoms with Crippen LogP contribution in [0.15, 0.2) is 24.3 Å². The van der Waals surface area contributed by atoms with Crippen molar-refractivity contribution in [3.63, 3.8) is 0 Å². The fourth-order valence-corrected chi connectivity index (χ4v) is 4.47. The molecule has 1 aromatic rings. The van der Waals surface area contributed by atoms with E-state index in [9.17, 15) is 9.59 Å². The molecule has 0 radical (unpaired) electrons. The van der Waals surface area contributed by atoms with Gasteiger partial charge >= 0.3 is 0 Å². The van der Waals surface area contributed by atoms with Gasteiger partial charge in [0.05, 0.1) is 0 Å². The molecule has 5 nitrogen and oxygen atoms in total. The van der Waals surface area contributed by atoms with Crippen molar-refractivity contribution in [3.8, 4) is 0 Å². The Morgan fingerprint density at radius 2 is 1.88 bits per heavy atom. The van der Waals surface area contributed by atoms with Crippen molar-refractivity contribution >= 4 is 17.5 Å². The van der Waals surface area contributed by atoms with Gasteiger partial charge in [0.1, 0.15) is 0 Å². The molecule has 1 spiro atoms. The highest BCUT2D eigenvalue weighted by molar-refractivity contribution is 5.95. The minimum Gasteiger partial charge on any atom is -0.378 e. The summed E-state index contributed by atoms with van der Waals surface area (Å²) in [4.78, 5) is 31.5. The first-order chi connectivity index (χ1) is 12.0. The molecule has 25 heavy (non-hydrogen) atoms. The van der Waals surface area contributed by atoms with Crippen LogP contribution >= 0.6 is 0 Å². The van der Waals surface area contributed by atoms with Crippen molar-refractivity contribution in [3.05, 3.63) is 29.8 Å². The molecular formula is C20H27N3O2. The zero-order valence-corrected chi connectivity index (χ0v) is 15.2. The number of hydrogen-bond donors (Lipinski definition) is 0. The molecule has 2 heterocycles. The average Bonchev–Trinajstić information content (AvgIpc) is 2.98. The SMILES string of the molecule is CN(C)c1cccc(C(=O)N2CC[C@@]3(C[C@@H]3C(=O)N3CCCC3)C2)c1. The van der Waals surface area contributed by atoms with Gasteiger partial charge in [0.25, 0.3) is 5.91 Å². The van der Waals surface area contributed by atoms with E-state index in [0.717, 1.165) is 63.1 Å². The summed E-state index contributed by atoms with van der Waals surface area (Å²) in [5.74, 6) is 0.581. The summed E-state index contributed by atoms with van der Waals surface area (Å²) in [5, 5.41) is 0. The maximum atomic E-state index is 12.9. The first-order valence-corrected chi connectivity index (χ1v) is 9.36. The standard InChI is InChI=1S/C20H27N3O2/c1-21(2)16-7-5-6-15(12-16)18(24)23-11-8-20(14-23)13-17(20)19(25)22-9-3-4-10-22/h5-7,12,17H,3-4,8-11,13-14H2,1-2H3/t17-,20-/m1/s1. The summed E-state index contributed by atoms with van der Waals surface area (Å²) in [7, 11) is 3.96. The van der Waals surface area contributed by atoms with Gasteiger partial charge in [-0.05, 0) is 43.9 Å². The molecule has 2 saturated heterocycles. The third-order valence-electron chi connectivity index (χ3n) is 6.19. The summed E-state index contributed by atoms with van der Waals surface area (Å²) < 4.78 is 0. The minimum atomic E-state index is 0.0640. The van der Waals surface area contributed by atoms with E-state index in [1.165, 1.54) is 0 Å².